The molecule has 3 rings (SSSR count). The summed E-state index contributed by atoms with van der Waals surface area (Å²) in [6, 6.07) is 7.33. The minimum Gasteiger partial charge on any atom is -0.497 e. The van der Waals surface area contributed by atoms with Crippen LogP contribution in [0.5, 0.6) is 5.75 Å². The number of anilines is 1. The molecular weight excluding hydrogens is 266 g/mol. The second kappa shape index (κ2) is 5.88. The van der Waals surface area contributed by atoms with E-state index in [4.69, 9.17) is 4.74 Å². The van der Waals surface area contributed by atoms with E-state index in [9.17, 15) is 9.59 Å². The van der Waals surface area contributed by atoms with Crippen molar-refractivity contribution in [3.05, 3.63) is 24.3 Å². The summed E-state index contributed by atoms with van der Waals surface area (Å²) in [6.07, 6.45) is 4.49. The summed E-state index contributed by atoms with van der Waals surface area (Å²) in [5.74, 6) is 1.42. The number of methoxy groups -OCH3 is 1. The van der Waals surface area contributed by atoms with Crippen LogP contribution in [0.4, 0.5) is 5.69 Å². The molecule has 2 aliphatic rings. The Morgan fingerprint density at radius 2 is 1.76 bits per heavy atom. The van der Waals surface area contributed by atoms with Crippen LogP contribution in [0.1, 0.15) is 32.1 Å². The zero-order valence-electron chi connectivity index (χ0n) is 12.3. The number of Topliss-reactive ketones (excluding diaryl/α,β-unsaturated/α-hetero) is 1. The van der Waals surface area contributed by atoms with E-state index in [1.807, 2.05) is 24.3 Å². The maximum Gasteiger partial charge on any atom is 0.227 e. The summed E-state index contributed by atoms with van der Waals surface area (Å²) in [5, 5.41) is 2.96. The van der Waals surface area contributed by atoms with Gasteiger partial charge in [-0.3, -0.25) is 9.59 Å². The third-order valence-electron chi connectivity index (χ3n) is 4.78. The number of fused-ring (bicyclic) bond motifs is 2. The Morgan fingerprint density at radius 3 is 2.33 bits per heavy atom. The summed E-state index contributed by atoms with van der Waals surface area (Å²) in [6.45, 7) is 0. The van der Waals surface area contributed by atoms with Crippen molar-refractivity contribution in [3.63, 3.8) is 0 Å². The molecule has 2 aliphatic carbocycles. The predicted molar refractivity (Wildman–Crippen MR) is 80.2 cm³/mol. The molecule has 2 bridgehead atoms. The average Bonchev–Trinajstić information content (AvgIpc) is 2.47. The molecule has 0 spiro atoms. The second-order valence-corrected chi connectivity index (χ2v) is 6.11. The van der Waals surface area contributed by atoms with Gasteiger partial charge in [0.05, 0.1) is 7.11 Å². The molecule has 0 radical (unpaired) electrons. The minimum absolute atomic E-state index is 0.0277. The Kier molecular flexibility index (Phi) is 3.95. The van der Waals surface area contributed by atoms with Gasteiger partial charge in [0, 0.05) is 23.4 Å². The molecule has 1 aromatic rings. The molecule has 2 saturated carbocycles. The fourth-order valence-corrected chi connectivity index (χ4v) is 3.61. The summed E-state index contributed by atoms with van der Waals surface area (Å²) in [5.41, 5.74) is 0.780. The number of rotatable bonds is 3. The van der Waals surface area contributed by atoms with E-state index >= 15 is 0 Å². The van der Waals surface area contributed by atoms with E-state index in [2.05, 4.69) is 5.32 Å². The van der Waals surface area contributed by atoms with Gasteiger partial charge in [0.1, 0.15) is 11.5 Å². The Labute approximate surface area is 124 Å². The van der Waals surface area contributed by atoms with Crippen LogP contribution in [0.3, 0.4) is 0 Å². The number of hydrogen-bond donors (Lipinski definition) is 1. The van der Waals surface area contributed by atoms with Gasteiger partial charge in [-0.1, -0.05) is 6.42 Å². The van der Waals surface area contributed by atoms with Crippen molar-refractivity contribution in [2.75, 3.05) is 12.4 Å². The van der Waals surface area contributed by atoms with Crippen LogP contribution >= 0.6 is 0 Å². The fourth-order valence-electron chi connectivity index (χ4n) is 3.61. The number of benzene rings is 1. The highest BCUT2D eigenvalue weighted by molar-refractivity contribution is 5.95. The molecule has 2 atom stereocenters. The summed E-state index contributed by atoms with van der Waals surface area (Å²) >= 11 is 0. The van der Waals surface area contributed by atoms with Crippen molar-refractivity contribution in [1.29, 1.82) is 0 Å². The van der Waals surface area contributed by atoms with Crippen molar-refractivity contribution in [3.8, 4) is 5.75 Å². The van der Waals surface area contributed by atoms with Gasteiger partial charge in [0.25, 0.3) is 0 Å². The fraction of sp³-hybridized carbons (Fsp3) is 0.529. The number of amides is 1. The number of ether oxygens (including phenoxy) is 1. The van der Waals surface area contributed by atoms with Gasteiger partial charge in [-0.2, -0.15) is 0 Å². The van der Waals surface area contributed by atoms with Gasteiger partial charge < -0.3 is 10.1 Å². The van der Waals surface area contributed by atoms with E-state index in [0.29, 0.717) is 5.78 Å². The van der Waals surface area contributed by atoms with E-state index in [-0.39, 0.29) is 23.7 Å². The van der Waals surface area contributed by atoms with Crippen LogP contribution < -0.4 is 10.1 Å². The van der Waals surface area contributed by atoms with Crippen LogP contribution in [-0.2, 0) is 9.59 Å². The molecule has 2 fully saturated rings. The SMILES string of the molecule is COc1ccc(NC(=O)C2CC3CCCC(C2)C3=O)cc1. The lowest BCUT2D eigenvalue weighted by atomic mass is 9.67. The largest absolute Gasteiger partial charge is 0.497 e. The Morgan fingerprint density at radius 1 is 1.14 bits per heavy atom. The number of nitrogens with one attached hydrogen (secondary N) is 1. The van der Waals surface area contributed by atoms with Crippen molar-refractivity contribution in [2.45, 2.75) is 32.1 Å². The van der Waals surface area contributed by atoms with Gasteiger partial charge >= 0.3 is 0 Å². The van der Waals surface area contributed by atoms with Gasteiger partial charge in [-0.25, -0.2) is 0 Å². The van der Waals surface area contributed by atoms with E-state index in [1.165, 1.54) is 0 Å². The highest BCUT2D eigenvalue weighted by atomic mass is 16.5. The molecule has 0 aromatic heterocycles. The van der Waals surface area contributed by atoms with E-state index in [1.54, 1.807) is 7.11 Å². The number of carbonyl (C=O) groups excluding carboxylic acids is 2. The summed E-state index contributed by atoms with van der Waals surface area (Å²) in [4.78, 5) is 24.5. The van der Waals surface area contributed by atoms with Crippen LogP contribution in [-0.4, -0.2) is 18.8 Å². The highest BCUT2D eigenvalue weighted by Gasteiger charge is 2.41. The third-order valence-corrected chi connectivity index (χ3v) is 4.78. The smallest absolute Gasteiger partial charge is 0.227 e. The topological polar surface area (TPSA) is 55.4 Å². The molecule has 4 heteroatoms. The number of carbonyl (C=O) groups is 2. The molecule has 2 unspecified atom stereocenters. The van der Waals surface area contributed by atoms with Crippen molar-refractivity contribution in [1.82, 2.24) is 0 Å². The highest BCUT2D eigenvalue weighted by Crippen LogP contribution is 2.40. The molecule has 21 heavy (non-hydrogen) atoms. The zero-order chi connectivity index (χ0) is 14.8. The first kappa shape index (κ1) is 14.1. The van der Waals surface area contributed by atoms with E-state index in [0.717, 1.165) is 43.5 Å². The summed E-state index contributed by atoms with van der Waals surface area (Å²) < 4.78 is 5.10. The maximum atomic E-state index is 12.4. The van der Waals surface area contributed by atoms with Crippen LogP contribution in [0.25, 0.3) is 0 Å². The second-order valence-electron chi connectivity index (χ2n) is 6.11. The van der Waals surface area contributed by atoms with E-state index < -0.39 is 0 Å². The molecule has 1 amide bonds. The molecule has 112 valence electrons. The third kappa shape index (κ3) is 2.94. The molecule has 1 aromatic carbocycles. The quantitative estimate of drug-likeness (QED) is 0.929. The first-order chi connectivity index (χ1) is 10.2. The van der Waals surface area contributed by atoms with Crippen LogP contribution in [0.15, 0.2) is 24.3 Å². The van der Waals surface area contributed by atoms with Gasteiger partial charge in [-0.05, 0) is 49.9 Å². The minimum atomic E-state index is -0.0277. The standard InChI is InChI=1S/C17H21NO3/c1-21-15-7-5-14(6-8-15)18-17(20)13-9-11-3-2-4-12(10-13)16(11)19/h5-8,11-13H,2-4,9-10H2,1H3,(H,18,20). The predicted octanol–water partition coefficient (Wildman–Crippen LogP) is 3.03. The normalized spacial score (nSPS) is 28.0. The van der Waals surface area contributed by atoms with Crippen molar-refractivity contribution >= 4 is 17.4 Å². The number of hydrogen-bond acceptors (Lipinski definition) is 3. The van der Waals surface area contributed by atoms with Gasteiger partial charge in [0.15, 0.2) is 0 Å². The monoisotopic (exact) mass is 287 g/mol. The summed E-state index contributed by atoms with van der Waals surface area (Å²) in [7, 11) is 1.62. The molecule has 0 aliphatic heterocycles. The average molecular weight is 287 g/mol. The van der Waals surface area contributed by atoms with Gasteiger partial charge in [-0.15, -0.1) is 0 Å². The zero-order valence-corrected chi connectivity index (χ0v) is 12.3. The van der Waals surface area contributed by atoms with Crippen LogP contribution in [0.2, 0.25) is 0 Å². The molecule has 1 N–H and O–H groups in total. The molecular formula is C17H21NO3. The maximum absolute atomic E-state index is 12.4. The first-order valence-corrected chi connectivity index (χ1v) is 7.66. The Bertz CT molecular complexity index is 521. The Balaban J connectivity index is 1.64. The molecule has 0 heterocycles. The number of ketones is 1. The lowest BCUT2D eigenvalue weighted by Crippen LogP contribution is -2.40. The Hall–Kier alpha value is -1.84. The molecule has 4 nitrogen and oxygen atoms in total. The van der Waals surface area contributed by atoms with Crippen LogP contribution in [0, 0.1) is 17.8 Å². The van der Waals surface area contributed by atoms with Crippen molar-refractivity contribution in [2.24, 2.45) is 17.8 Å². The van der Waals surface area contributed by atoms with Gasteiger partial charge in [0.2, 0.25) is 5.91 Å². The molecule has 0 saturated heterocycles. The first-order valence-electron chi connectivity index (χ1n) is 7.66. The van der Waals surface area contributed by atoms with Crippen molar-refractivity contribution < 1.29 is 14.3 Å². The lowest BCUT2D eigenvalue weighted by molar-refractivity contribution is -0.136. The lowest BCUT2D eigenvalue weighted by Gasteiger charge is -2.36.